The third kappa shape index (κ3) is 5.73. The summed E-state index contributed by atoms with van der Waals surface area (Å²) in [6.07, 6.45) is 7.29. The quantitative estimate of drug-likeness (QED) is 0.575. The van der Waals surface area contributed by atoms with E-state index in [1.807, 2.05) is 47.3 Å². The Labute approximate surface area is 102 Å². The van der Waals surface area contributed by atoms with Crippen molar-refractivity contribution in [3.8, 4) is 0 Å². The molecule has 0 aliphatic rings. The predicted octanol–water partition coefficient (Wildman–Crippen LogP) is 2.37. The van der Waals surface area contributed by atoms with Crippen LogP contribution in [0.2, 0.25) is 0 Å². The van der Waals surface area contributed by atoms with Gasteiger partial charge in [-0.25, -0.2) is 0 Å². The van der Waals surface area contributed by atoms with Gasteiger partial charge >= 0.3 is 0 Å². The molecule has 0 aliphatic carbocycles. The van der Waals surface area contributed by atoms with Crippen molar-refractivity contribution in [2.45, 2.75) is 0 Å². The van der Waals surface area contributed by atoms with Gasteiger partial charge in [0.25, 0.3) is 0 Å². The van der Waals surface area contributed by atoms with Crippen molar-refractivity contribution < 1.29 is 19.5 Å². The van der Waals surface area contributed by atoms with E-state index in [1.54, 1.807) is 17.9 Å². The molecule has 0 bridgehead atoms. The molecule has 0 saturated heterocycles. The smallest absolute Gasteiger partial charge is 0.0721 e. The molecule has 0 saturated carbocycles. The van der Waals surface area contributed by atoms with Gasteiger partial charge in [-0.05, 0) is 24.3 Å². The van der Waals surface area contributed by atoms with E-state index in [0.717, 1.165) is 0 Å². The SMILES string of the molecule is S=Cn1cccc1.[Zn].c1ccncc1. The molecule has 0 unspecified atom stereocenters. The second-order valence-electron chi connectivity index (χ2n) is 2.26. The molecule has 0 radical (unpaired) electrons. The second-order valence-corrected chi connectivity index (χ2v) is 2.47. The van der Waals surface area contributed by atoms with Gasteiger partial charge in [-0.1, -0.05) is 18.3 Å². The zero-order valence-electron chi connectivity index (χ0n) is 7.78. The van der Waals surface area contributed by atoms with Crippen LogP contribution in [-0.2, 0) is 19.5 Å². The average molecular weight is 256 g/mol. The van der Waals surface area contributed by atoms with E-state index in [1.165, 1.54) is 0 Å². The molecule has 0 aromatic carbocycles. The van der Waals surface area contributed by atoms with Crippen LogP contribution in [0.5, 0.6) is 0 Å². The fourth-order valence-corrected chi connectivity index (χ4v) is 0.871. The summed E-state index contributed by atoms with van der Waals surface area (Å²) in [5, 5.41) is 0. The molecule has 2 aromatic heterocycles. The van der Waals surface area contributed by atoms with Gasteiger partial charge in [0, 0.05) is 44.3 Å². The number of aromatic nitrogens is 2. The molecule has 0 atom stereocenters. The summed E-state index contributed by atoms with van der Waals surface area (Å²) in [5.41, 5.74) is 1.58. The Morgan fingerprint density at radius 1 is 0.929 bits per heavy atom. The van der Waals surface area contributed by atoms with E-state index in [4.69, 9.17) is 0 Å². The van der Waals surface area contributed by atoms with Crippen LogP contribution in [0.15, 0.2) is 55.1 Å². The first-order valence-corrected chi connectivity index (χ1v) is 4.33. The third-order valence-electron chi connectivity index (χ3n) is 1.32. The van der Waals surface area contributed by atoms with Crippen LogP contribution in [0.3, 0.4) is 0 Å². The summed E-state index contributed by atoms with van der Waals surface area (Å²) in [4.78, 5) is 3.78. The Kier molecular flexibility index (Phi) is 8.19. The van der Waals surface area contributed by atoms with Gasteiger partial charge in [-0.2, -0.15) is 0 Å². The third-order valence-corrected chi connectivity index (χ3v) is 1.56. The summed E-state index contributed by atoms with van der Waals surface area (Å²) < 4.78 is 1.81. The maximum Gasteiger partial charge on any atom is 0.0721 e. The first-order valence-electron chi connectivity index (χ1n) is 3.86. The van der Waals surface area contributed by atoms with Crippen molar-refractivity contribution in [2.75, 3.05) is 0 Å². The van der Waals surface area contributed by atoms with Gasteiger partial charge in [0.05, 0.1) is 5.49 Å². The van der Waals surface area contributed by atoms with Gasteiger partial charge in [0.2, 0.25) is 0 Å². The standard InChI is InChI=1S/C5H5NS.C5H5N.Zn/c7-5-6-3-1-2-4-6;1-2-4-6-5-3-1;/h1-5H;1-5H;. The van der Waals surface area contributed by atoms with E-state index < -0.39 is 0 Å². The first kappa shape index (κ1) is 13.1. The number of thiocarbonyl (C=S) groups is 1. The van der Waals surface area contributed by atoms with Crippen molar-refractivity contribution in [1.29, 1.82) is 0 Å². The summed E-state index contributed by atoms with van der Waals surface area (Å²) in [6, 6.07) is 9.58. The summed E-state index contributed by atoms with van der Waals surface area (Å²) >= 11 is 4.61. The molecule has 2 aromatic rings. The monoisotopic (exact) mass is 254 g/mol. The van der Waals surface area contributed by atoms with E-state index in [0.29, 0.717) is 0 Å². The van der Waals surface area contributed by atoms with Gasteiger partial charge in [0.15, 0.2) is 0 Å². The van der Waals surface area contributed by atoms with Gasteiger partial charge in [-0.15, -0.1) is 0 Å². The van der Waals surface area contributed by atoms with E-state index in [9.17, 15) is 0 Å². The van der Waals surface area contributed by atoms with Crippen LogP contribution in [0, 0.1) is 0 Å². The maximum absolute atomic E-state index is 4.61. The van der Waals surface area contributed by atoms with E-state index in [-0.39, 0.29) is 19.5 Å². The molecule has 68 valence electrons. The number of pyridine rings is 1. The topological polar surface area (TPSA) is 17.8 Å². The van der Waals surface area contributed by atoms with Crippen molar-refractivity contribution in [1.82, 2.24) is 9.55 Å². The number of hydrogen-bond acceptors (Lipinski definition) is 2. The Balaban J connectivity index is 0.000000227. The molecular formula is C10H10N2SZn. The predicted molar refractivity (Wildman–Crippen MR) is 57.7 cm³/mol. The molecule has 2 nitrogen and oxygen atoms in total. The minimum atomic E-state index is 0. The van der Waals surface area contributed by atoms with E-state index >= 15 is 0 Å². The Morgan fingerprint density at radius 3 is 1.71 bits per heavy atom. The molecule has 2 heterocycles. The normalized spacial score (nSPS) is 7.71. The van der Waals surface area contributed by atoms with Crippen molar-refractivity contribution in [3.05, 3.63) is 55.1 Å². The van der Waals surface area contributed by atoms with Crippen LogP contribution in [-0.4, -0.2) is 15.0 Å². The minimum absolute atomic E-state index is 0. The van der Waals surface area contributed by atoms with Crippen LogP contribution in [0.1, 0.15) is 0 Å². The summed E-state index contributed by atoms with van der Waals surface area (Å²) in [6.45, 7) is 0. The molecule has 14 heavy (non-hydrogen) atoms. The average Bonchev–Trinajstić information content (AvgIpc) is 2.74. The Bertz CT molecular complexity index is 294. The zero-order valence-corrected chi connectivity index (χ0v) is 11.6. The summed E-state index contributed by atoms with van der Waals surface area (Å²) in [7, 11) is 0. The molecule has 0 N–H and O–H groups in total. The fourth-order valence-electron chi connectivity index (χ4n) is 0.731. The van der Waals surface area contributed by atoms with Gasteiger partial charge in [0.1, 0.15) is 0 Å². The van der Waals surface area contributed by atoms with Crippen molar-refractivity contribution in [2.24, 2.45) is 0 Å². The second kappa shape index (κ2) is 8.73. The molecular weight excluding hydrogens is 246 g/mol. The molecule has 0 spiro atoms. The van der Waals surface area contributed by atoms with Crippen LogP contribution >= 0.6 is 12.2 Å². The molecule has 2 rings (SSSR count). The first-order chi connectivity index (χ1) is 6.43. The van der Waals surface area contributed by atoms with Crippen LogP contribution < -0.4 is 0 Å². The minimum Gasteiger partial charge on any atom is -0.321 e. The van der Waals surface area contributed by atoms with Gasteiger partial charge in [-0.3, -0.25) is 4.98 Å². The largest absolute Gasteiger partial charge is 0.321 e. The molecule has 0 fully saturated rings. The molecule has 0 amide bonds. The maximum atomic E-state index is 4.61. The van der Waals surface area contributed by atoms with Crippen LogP contribution in [0.4, 0.5) is 0 Å². The molecule has 4 heteroatoms. The number of hydrogen-bond donors (Lipinski definition) is 0. The van der Waals surface area contributed by atoms with Crippen molar-refractivity contribution in [3.63, 3.8) is 0 Å². The Morgan fingerprint density at radius 2 is 1.50 bits per heavy atom. The van der Waals surface area contributed by atoms with Gasteiger partial charge < -0.3 is 4.57 Å². The molecule has 0 aliphatic heterocycles. The van der Waals surface area contributed by atoms with Crippen LogP contribution in [0.25, 0.3) is 0 Å². The number of rotatable bonds is 1. The van der Waals surface area contributed by atoms with E-state index in [2.05, 4.69) is 17.2 Å². The van der Waals surface area contributed by atoms with Crippen molar-refractivity contribution >= 4 is 17.7 Å². The Hall–Kier alpha value is -0.857. The zero-order chi connectivity index (χ0) is 9.36. The summed E-state index contributed by atoms with van der Waals surface area (Å²) in [5.74, 6) is 0. The fraction of sp³-hybridized carbons (Fsp3) is 0. The number of nitrogens with zero attached hydrogens (tertiary/aromatic N) is 2.